The van der Waals surface area contributed by atoms with Crippen LogP contribution >= 0.6 is 11.3 Å². The minimum atomic E-state index is -0.191. The molecule has 0 spiro atoms. The number of rotatable bonds is 4. The van der Waals surface area contributed by atoms with Gasteiger partial charge in [-0.15, -0.1) is 11.3 Å². The van der Waals surface area contributed by atoms with E-state index >= 15 is 0 Å². The van der Waals surface area contributed by atoms with Gasteiger partial charge >= 0.3 is 0 Å². The normalized spacial score (nSPS) is 11.8. The van der Waals surface area contributed by atoms with Crippen molar-refractivity contribution in [3.63, 3.8) is 0 Å². The number of anilines is 1. The lowest BCUT2D eigenvalue weighted by atomic mass is 9.95. The van der Waals surface area contributed by atoms with Crippen LogP contribution in [-0.4, -0.2) is 16.4 Å². The first kappa shape index (κ1) is 14.8. The van der Waals surface area contributed by atoms with Crippen LogP contribution in [0.1, 0.15) is 49.0 Å². The smallest absolute Gasteiger partial charge is 0.263 e. The van der Waals surface area contributed by atoms with E-state index < -0.39 is 0 Å². The number of aryl methyl sites for hydroxylation is 1. The van der Waals surface area contributed by atoms with Gasteiger partial charge in [0.15, 0.2) is 0 Å². The predicted octanol–water partition coefficient (Wildman–Crippen LogP) is 3.50. The number of nitrogen functional groups attached to an aromatic ring is 1. The number of hydrogen-bond donors (Lipinski definition) is 2. The third-order valence-electron chi connectivity index (χ3n) is 3.92. The lowest BCUT2D eigenvalue weighted by Crippen LogP contribution is -2.44. The number of nitrogens with one attached hydrogen (secondary N) is 1. The van der Waals surface area contributed by atoms with E-state index in [2.05, 4.69) is 31.1 Å². The maximum atomic E-state index is 12.4. The third kappa shape index (κ3) is 2.63. The molecule has 3 N–H and O–H groups in total. The molecule has 4 nitrogen and oxygen atoms in total. The van der Waals surface area contributed by atoms with Crippen LogP contribution in [0, 0.1) is 6.92 Å². The van der Waals surface area contributed by atoms with E-state index in [4.69, 9.17) is 5.73 Å². The van der Waals surface area contributed by atoms with Crippen molar-refractivity contribution < 1.29 is 4.79 Å². The van der Waals surface area contributed by atoms with Crippen molar-refractivity contribution in [1.82, 2.24) is 10.3 Å². The quantitative estimate of drug-likeness (QED) is 0.906. The van der Waals surface area contributed by atoms with Crippen molar-refractivity contribution >= 4 is 33.1 Å². The van der Waals surface area contributed by atoms with Crippen LogP contribution in [0.15, 0.2) is 12.1 Å². The Morgan fingerprint density at radius 3 is 2.65 bits per heavy atom. The molecule has 2 rings (SSSR count). The number of carbonyl (C=O) groups excluding carboxylic acids is 1. The molecular weight excluding hydrogens is 270 g/mol. The summed E-state index contributed by atoms with van der Waals surface area (Å²) in [7, 11) is 0. The zero-order chi connectivity index (χ0) is 14.9. The molecule has 0 aromatic carbocycles. The van der Waals surface area contributed by atoms with Gasteiger partial charge in [-0.1, -0.05) is 13.8 Å². The molecule has 2 aromatic heterocycles. The lowest BCUT2D eigenvalue weighted by molar-refractivity contribution is 0.0906. The molecule has 2 heterocycles. The van der Waals surface area contributed by atoms with Gasteiger partial charge in [-0.25, -0.2) is 4.98 Å². The molecule has 0 saturated heterocycles. The summed E-state index contributed by atoms with van der Waals surface area (Å²) in [4.78, 5) is 18.3. The predicted molar refractivity (Wildman–Crippen MR) is 85.2 cm³/mol. The van der Waals surface area contributed by atoms with E-state index in [0.29, 0.717) is 10.6 Å². The lowest BCUT2D eigenvalue weighted by Gasteiger charge is -2.28. The second-order valence-corrected chi connectivity index (χ2v) is 6.37. The molecule has 0 aliphatic heterocycles. The monoisotopic (exact) mass is 291 g/mol. The second kappa shape index (κ2) is 5.40. The van der Waals surface area contributed by atoms with Gasteiger partial charge in [0.25, 0.3) is 5.91 Å². The fourth-order valence-corrected chi connectivity index (χ4v) is 3.05. The summed E-state index contributed by atoms with van der Waals surface area (Å²) in [6.07, 6.45) is 1.77. The number of carbonyl (C=O) groups is 1. The van der Waals surface area contributed by atoms with Crippen LogP contribution in [-0.2, 0) is 0 Å². The highest BCUT2D eigenvalue weighted by molar-refractivity contribution is 7.21. The Hall–Kier alpha value is -1.62. The largest absolute Gasteiger partial charge is 0.397 e. The Balaban J connectivity index is 2.38. The minimum absolute atomic E-state index is 0.102. The number of nitrogens with zero attached hydrogens (tertiary/aromatic N) is 1. The van der Waals surface area contributed by atoms with Crippen LogP contribution in [0.5, 0.6) is 0 Å². The maximum absolute atomic E-state index is 12.4. The first-order chi connectivity index (χ1) is 9.40. The molecule has 5 heteroatoms. The highest BCUT2D eigenvalue weighted by atomic mass is 32.1. The molecule has 0 radical (unpaired) electrons. The number of aromatic nitrogens is 1. The van der Waals surface area contributed by atoms with Gasteiger partial charge < -0.3 is 11.1 Å². The van der Waals surface area contributed by atoms with Crippen molar-refractivity contribution in [3.8, 4) is 0 Å². The molecule has 0 atom stereocenters. The van der Waals surface area contributed by atoms with E-state index in [0.717, 1.165) is 28.8 Å². The summed E-state index contributed by atoms with van der Waals surface area (Å²) in [5, 5.41) is 3.95. The summed E-state index contributed by atoms with van der Waals surface area (Å²) in [6.45, 7) is 8.13. The highest BCUT2D eigenvalue weighted by Crippen LogP contribution is 2.33. The van der Waals surface area contributed by atoms with E-state index in [1.165, 1.54) is 11.3 Å². The summed E-state index contributed by atoms with van der Waals surface area (Å²) in [5.41, 5.74) is 7.37. The van der Waals surface area contributed by atoms with Gasteiger partial charge in [0.2, 0.25) is 0 Å². The second-order valence-electron chi connectivity index (χ2n) is 5.37. The van der Waals surface area contributed by atoms with Gasteiger partial charge in [0.05, 0.1) is 5.69 Å². The van der Waals surface area contributed by atoms with E-state index in [1.807, 2.05) is 19.1 Å². The maximum Gasteiger partial charge on any atom is 0.263 e. The first-order valence-electron chi connectivity index (χ1n) is 6.88. The number of hydrogen-bond acceptors (Lipinski definition) is 4. The minimum Gasteiger partial charge on any atom is -0.397 e. The molecule has 20 heavy (non-hydrogen) atoms. The zero-order valence-corrected chi connectivity index (χ0v) is 13.2. The fraction of sp³-hybridized carbons (Fsp3) is 0.467. The molecular formula is C15H21N3OS. The number of pyridine rings is 1. The van der Waals surface area contributed by atoms with Gasteiger partial charge in [-0.05, 0) is 38.8 Å². The van der Waals surface area contributed by atoms with Crippen LogP contribution < -0.4 is 11.1 Å². The average molecular weight is 291 g/mol. The van der Waals surface area contributed by atoms with Gasteiger partial charge in [0, 0.05) is 16.6 Å². The zero-order valence-electron chi connectivity index (χ0n) is 12.4. The Morgan fingerprint density at radius 2 is 2.05 bits per heavy atom. The highest BCUT2D eigenvalue weighted by Gasteiger charge is 2.25. The Labute approximate surface area is 123 Å². The Kier molecular flexibility index (Phi) is 3.99. The van der Waals surface area contributed by atoms with Crippen molar-refractivity contribution in [2.45, 2.75) is 46.1 Å². The van der Waals surface area contributed by atoms with Crippen LogP contribution in [0.25, 0.3) is 10.2 Å². The standard InChI is InChI=1S/C15H21N3OS/c1-5-15(4,6-2)18-13(19)12-11(16)10-8-7-9(3)17-14(10)20-12/h7-8H,5-6,16H2,1-4H3,(H,18,19). The molecule has 0 aliphatic carbocycles. The van der Waals surface area contributed by atoms with Crippen molar-refractivity contribution in [2.75, 3.05) is 5.73 Å². The first-order valence-corrected chi connectivity index (χ1v) is 7.70. The molecule has 108 valence electrons. The molecule has 0 bridgehead atoms. The molecule has 2 aromatic rings. The number of nitrogens with two attached hydrogens (primary N) is 1. The van der Waals surface area contributed by atoms with E-state index in [9.17, 15) is 4.79 Å². The molecule has 1 amide bonds. The number of fused-ring (bicyclic) bond motifs is 1. The summed E-state index contributed by atoms with van der Waals surface area (Å²) in [6, 6.07) is 3.84. The number of thiophene rings is 1. The molecule has 0 unspecified atom stereocenters. The summed E-state index contributed by atoms with van der Waals surface area (Å²) < 4.78 is 0. The van der Waals surface area contributed by atoms with Gasteiger partial charge in [-0.2, -0.15) is 0 Å². The third-order valence-corrected chi connectivity index (χ3v) is 5.03. The van der Waals surface area contributed by atoms with Crippen molar-refractivity contribution in [2.24, 2.45) is 0 Å². The summed E-state index contributed by atoms with van der Waals surface area (Å²) in [5.74, 6) is -0.102. The fourth-order valence-electron chi connectivity index (χ4n) is 2.02. The van der Waals surface area contributed by atoms with E-state index in [1.54, 1.807) is 0 Å². The van der Waals surface area contributed by atoms with E-state index in [-0.39, 0.29) is 11.4 Å². The van der Waals surface area contributed by atoms with Crippen molar-refractivity contribution in [3.05, 3.63) is 22.7 Å². The number of amides is 1. The summed E-state index contributed by atoms with van der Waals surface area (Å²) >= 11 is 1.36. The van der Waals surface area contributed by atoms with Gasteiger partial charge in [-0.3, -0.25) is 4.79 Å². The van der Waals surface area contributed by atoms with Crippen molar-refractivity contribution in [1.29, 1.82) is 0 Å². The molecule has 0 aliphatic rings. The topological polar surface area (TPSA) is 68.0 Å². The SMILES string of the molecule is CCC(C)(CC)NC(=O)c1sc2nc(C)ccc2c1N. The van der Waals surface area contributed by atoms with Crippen LogP contribution in [0.3, 0.4) is 0 Å². The molecule has 0 saturated carbocycles. The Bertz CT molecular complexity index is 644. The average Bonchev–Trinajstić information content (AvgIpc) is 2.75. The van der Waals surface area contributed by atoms with Crippen LogP contribution in [0.2, 0.25) is 0 Å². The van der Waals surface area contributed by atoms with Crippen LogP contribution in [0.4, 0.5) is 5.69 Å². The van der Waals surface area contributed by atoms with Gasteiger partial charge in [0.1, 0.15) is 9.71 Å². The Morgan fingerprint density at radius 1 is 1.40 bits per heavy atom. The molecule has 0 fully saturated rings.